The van der Waals surface area contributed by atoms with Crippen molar-refractivity contribution in [1.82, 2.24) is 5.32 Å². The first-order chi connectivity index (χ1) is 10.0. The molecule has 0 aromatic heterocycles. The van der Waals surface area contributed by atoms with Crippen LogP contribution in [0.3, 0.4) is 0 Å². The van der Waals surface area contributed by atoms with E-state index < -0.39 is 11.6 Å². The molecule has 2 aromatic carbocycles. The number of halogens is 3. The molecule has 2 rings (SSSR count). The fourth-order valence-electron chi connectivity index (χ4n) is 1.96. The summed E-state index contributed by atoms with van der Waals surface area (Å²) in [5, 5.41) is 3.22. The molecule has 0 fully saturated rings. The second kappa shape index (κ2) is 7.00. The smallest absolute Gasteiger partial charge is 0.166 e. The molecule has 1 atom stereocenters. The summed E-state index contributed by atoms with van der Waals surface area (Å²) in [7, 11) is 0. The minimum Gasteiger partial charge on any atom is -0.454 e. The molecule has 1 N–H and O–H groups in total. The third-order valence-corrected chi connectivity index (χ3v) is 3.69. The molecule has 2 aromatic rings. The number of benzene rings is 2. The van der Waals surface area contributed by atoms with Gasteiger partial charge in [0.1, 0.15) is 11.6 Å². The van der Waals surface area contributed by atoms with Crippen LogP contribution in [-0.2, 0) is 0 Å². The van der Waals surface area contributed by atoms with Crippen molar-refractivity contribution in [3.8, 4) is 11.5 Å². The van der Waals surface area contributed by atoms with E-state index in [1.54, 1.807) is 6.07 Å². The number of rotatable bonds is 5. The summed E-state index contributed by atoms with van der Waals surface area (Å²) in [6.07, 6.45) is 0. The highest BCUT2D eigenvalue weighted by Crippen LogP contribution is 2.29. The number of hydrogen-bond acceptors (Lipinski definition) is 2. The molecule has 0 saturated heterocycles. The molecule has 0 heterocycles. The fraction of sp³-hybridized carbons (Fsp3) is 0.250. The Balaban J connectivity index is 2.19. The third kappa shape index (κ3) is 4.02. The van der Waals surface area contributed by atoms with Crippen LogP contribution in [0.2, 0.25) is 0 Å². The molecular formula is C16H16BrF2NO. The highest BCUT2D eigenvalue weighted by molar-refractivity contribution is 9.10. The van der Waals surface area contributed by atoms with Gasteiger partial charge in [0.15, 0.2) is 11.6 Å². The van der Waals surface area contributed by atoms with Crippen molar-refractivity contribution in [3.05, 3.63) is 58.1 Å². The average Bonchev–Trinajstić information content (AvgIpc) is 2.45. The Morgan fingerprint density at radius 3 is 2.52 bits per heavy atom. The quantitative estimate of drug-likeness (QED) is 0.796. The molecule has 1 unspecified atom stereocenters. The van der Waals surface area contributed by atoms with Crippen molar-refractivity contribution in [1.29, 1.82) is 0 Å². The maximum atomic E-state index is 14.1. The Morgan fingerprint density at radius 1 is 1.14 bits per heavy atom. The van der Waals surface area contributed by atoms with Gasteiger partial charge < -0.3 is 10.1 Å². The Morgan fingerprint density at radius 2 is 1.90 bits per heavy atom. The van der Waals surface area contributed by atoms with Gasteiger partial charge in [-0.25, -0.2) is 8.78 Å². The van der Waals surface area contributed by atoms with Gasteiger partial charge in [-0.2, -0.15) is 0 Å². The second-order valence-electron chi connectivity index (χ2n) is 4.65. The van der Waals surface area contributed by atoms with Crippen LogP contribution < -0.4 is 10.1 Å². The van der Waals surface area contributed by atoms with Gasteiger partial charge in [0.05, 0.1) is 4.47 Å². The normalized spacial score (nSPS) is 12.2. The molecule has 0 saturated carbocycles. The van der Waals surface area contributed by atoms with E-state index in [2.05, 4.69) is 21.2 Å². The lowest BCUT2D eigenvalue weighted by Gasteiger charge is -2.14. The van der Waals surface area contributed by atoms with Crippen molar-refractivity contribution in [2.75, 3.05) is 6.54 Å². The van der Waals surface area contributed by atoms with E-state index in [0.29, 0.717) is 5.75 Å². The van der Waals surface area contributed by atoms with E-state index >= 15 is 0 Å². The Bertz CT molecular complexity index is 634. The lowest BCUT2D eigenvalue weighted by atomic mass is 10.1. The molecule has 0 amide bonds. The zero-order chi connectivity index (χ0) is 15.4. The first-order valence-electron chi connectivity index (χ1n) is 6.67. The topological polar surface area (TPSA) is 21.3 Å². The lowest BCUT2D eigenvalue weighted by Crippen LogP contribution is -2.17. The Labute approximate surface area is 131 Å². The van der Waals surface area contributed by atoms with Crippen molar-refractivity contribution in [2.45, 2.75) is 19.9 Å². The summed E-state index contributed by atoms with van der Waals surface area (Å²) in [5.41, 5.74) is 0.849. The van der Waals surface area contributed by atoms with Gasteiger partial charge in [-0.05, 0) is 65.3 Å². The van der Waals surface area contributed by atoms with Gasteiger partial charge in [0, 0.05) is 6.04 Å². The molecule has 0 bridgehead atoms. The van der Waals surface area contributed by atoms with Gasteiger partial charge in [0.25, 0.3) is 0 Å². The minimum atomic E-state index is -0.447. The summed E-state index contributed by atoms with van der Waals surface area (Å²) in [6.45, 7) is 4.78. The Kier molecular flexibility index (Phi) is 5.31. The van der Waals surface area contributed by atoms with Crippen molar-refractivity contribution < 1.29 is 13.5 Å². The fourth-order valence-corrected chi connectivity index (χ4v) is 2.32. The van der Waals surface area contributed by atoms with Crippen LogP contribution in [0.15, 0.2) is 40.9 Å². The Hall–Kier alpha value is -1.46. The molecule has 0 radical (unpaired) electrons. The number of hydrogen-bond donors (Lipinski definition) is 1. The first-order valence-corrected chi connectivity index (χ1v) is 7.46. The van der Waals surface area contributed by atoms with E-state index in [4.69, 9.17) is 4.74 Å². The molecule has 0 aliphatic heterocycles. The largest absolute Gasteiger partial charge is 0.454 e. The summed E-state index contributed by atoms with van der Waals surface area (Å²) in [5.74, 6) is -0.356. The molecule has 0 aliphatic carbocycles. The standard InChI is InChI=1S/C16H16BrF2NO/c1-3-20-10(2)11-4-7-16(15(19)8-11)21-12-5-6-14(18)13(17)9-12/h4-10,20H,3H2,1-2H3. The lowest BCUT2D eigenvalue weighted by molar-refractivity contribution is 0.439. The van der Waals surface area contributed by atoms with E-state index in [-0.39, 0.29) is 16.3 Å². The number of nitrogens with one attached hydrogen (secondary N) is 1. The predicted molar refractivity (Wildman–Crippen MR) is 82.7 cm³/mol. The van der Waals surface area contributed by atoms with Crippen LogP contribution in [0.1, 0.15) is 25.5 Å². The monoisotopic (exact) mass is 355 g/mol. The van der Waals surface area contributed by atoms with Gasteiger partial charge in [-0.1, -0.05) is 13.0 Å². The third-order valence-electron chi connectivity index (χ3n) is 3.09. The minimum absolute atomic E-state index is 0.0681. The van der Waals surface area contributed by atoms with Gasteiger partial charge in [0.2, 0.25) is 0 Å². The highest BCUT2D eigenvalue weighted by atomic mass is 79.9. The maximum absolute atomic E-state index is 14.1. The molecule has 2 nitrogen and oxygen atoms in total. The summed E-state index contributed by atoms with van der Waals surface area (Å²) in [4.78, 5) is 0. The molecule has 112 valence electrons. The SMILES string of the molecule is CCNC(C)c1ccc(Oc2ccc(F)c(Br)c2)c(F)c1. The van der Waals surface area contributed by atoms with E-state index in [0.717, 1.165) is 12.1 Å². The van der Waals surface area contributed by atoms with Crippen LogP contribution in [0, 0.1) is 11.6 Å². The van der Waals surface area contributed by atoms with Crippen molar-refractivity contribution >= 4 is 15.9 Å². The van der Waals surface area contributed by atoms with Gasteiger partial charge >= 0.3 is 0 Å². The summed E-state index contributed by atoms with van der Waals surface area (Å²) in [6, 6.07) is 9.08. The van der Waals surface area contributed by atoms with Crippen LogP contribution in [0.5, 0.6) is 11.5 Å². The molecule has 5 heteroatoms. The molecule has 0 spiro atoms. The zero-order valence-electron chi connectivity index (χ0n) is 11.8. The second-order valence-corrected chi connectivity index (χ2v) is 5.50. The van der Waals surface area contributed by atoms with E-state index in [1.807, 2.05) is 19.9 Å². The van der Waals surface area contributed by atoms with E-state index in [9.17, 15) is 8.78 Å². The first kappa shape index (κ1) is 15.9. The predicted octanol–water partition coefficient (Wildman–Crippen LogP) is 5.19. The zero-order valence-corrected chi connectivity index (χ0v) is 13.4. The van der Waals surface area contributed by atoms with E-state index in [1.165, 1.54) is 24.3 Å². The summed E-state index contributed by atoms with van der Waals surface area (Å²) < 4.78 is 32.9. The average molecular weight is 356 g/mol. The van der Waals surface area contributed by atoms with Gasteiger partial charge in [-0.15, -0.1) is 0 Å². The number of ether oxygens (including phenoxy) is 1. The van der Waals surface area contributed by atoms with Gasteiger partial charge in [-0.3, -0.25) is 0 Å². The molecule has 0 aliphatic rings. The van der Waals surface area contributed by atoms with Crippen molar-refractivity contribution in [3.63, 3.8) is 0 Å². The van der Waals surface area contributed by atoms with Crippen LogP contribution in [0.25, 0.3) is 0 Å². The molecule has 21 heavy (non-hydrogen) atoms. The maximum Gasteiger partial charge on any atom is 0.166 e. The van der Waals surface area contributed by atoms with Crippen LogP contribution in [-0.4, -0.2) is 6.54 Å². The van der Waals surface area contributed by atoms with Crippen LogP contribution >= 0.6 is 15.9 Å². The summed E-state index contributed by atoms with van der Waals surface area (Å²) >= 11 is 3.07. The molecular weight excluding hydrogens is 340 g/mol. The van der Waals surface area contributed by atoms with Crippen LogP contribution in [0.4, 0.5) is 8.78 Å². The van der Waals surface area contributed by atoms with Crippen molar-refractivity contribution in [2.24, 2.45) is 0 Å². The highest BCUT2D eigenvalue weighted by Gasteiger charge is 2.10.